The molecule has 36 heavy (non-hydrogen) atoms. The predicted octanol–water partition coefficient (Wildman–Crippen LogP) is 8.16. The van der Waals surface area contributed by atoms with Crippen LogP contribution >= 0.6 is 0 Å². The van der Waals surface area contributed by atoms with Crippen molar-refractivity contribution in [2.24, 2.45) is 0 Å². The van der Waals surface area contributed by atoms with Gasteiger partial charge in [0.05, 0.1) is 0 Å². The highest BCUT2D eigenvalue weighted by Crippen LogP contribution is 2.31. The molecule has 6 aromatic rings. The van der Waals surface area contributed by atoms with E-state index in [9.17, 15) is 9.59 Å². The minimum absolute atomic E-state index is 0.548. The number of rotatable bonds is 5. The van der Waals surface area contributed by atoms with E-state index in [0.717, 1.165) is 54.2 Å². The Kier molecular flexibility index (Phi) is 5.48. The molecule has 0 atom stereocenters. The van der Waals surface area contributed by atoms with Crippen LogP contribution < -0.4 is 0 Å². The monoisotopic (exact) mass is 462 g/mol. The fourth-order valence-electron chi connectivity index (χ4n) is 4.94. The van der Waals surface area contributed by atoms with Crippen LogP contribution in [-0.2, 0) is 9.59 Å². The number of allylic oxidation sites excluding steroid dienone is 2. The molecule has 0 aromatic heterocycles. The largest absolute Gasteiger partial charge is 0.286 e. The molecular formula is C34H22O2. The van der Waals surface area contributed by atoms with Gasteiger partial charge in [-0.2, -0.15) is 0 Å². The lowest BCUT2D eigenvalue weighted by Gasteiger charge is -2.08. The maximum absolute atomic E-state index is 12.8. The molecule has 6 aromatic carbocycles. The second-order valence-corrected chi connectivity index (χ2v) is 8.86. The second kappa shape index (κ2) is 9.09. The fourth-order valence-corrected chi connectivity index (χ4v) is 4.94. The Morgan fingerprint density at radius 1 is 0.417 bits per heavy atom. The molecule has 0 aliphatic carbocycles. The van der Waals surface area contributed by atoms with Gasteiger partial charge in [-0.3, -0.25) is 9.59 Å². The molecule has 0 N–H and O–H groups in total. The summed E-state index contributed by atoms with van der Waals surface area (Å²) < 4.78 is 0. The van der Waals surface area contributed by atoms with Crippen molar-refractivity contribution in [3.63, 3.8) is 0 Å². The van der Waals surface area contributed by atoms with Crippen molar-refractivity contribution in [3.8, 4) is 0 Å². The molecule has 0 aliphatic heterocycles. The first-order valence-electron chi connectivity index (χ1n) is 11.9. The van der Waals surface area contributed by atoms with Crippen LogP contribution in [0.4, 0.5) is 0 Å². The average molecular weight is 463 g/mol. The zero-order valence-electron chi connectivity index (χ0n) is 19.5. The van der Waals surface area contributed by atoms with Crippen molar-refractivity contribution in [1.29, 1.82) is 0 Å². The molecule has 0 spiro atoms. The van der Waals surface area contributed by atoms with Crippen LogP contribution in [-0.4, -0.2) is 11.6 Å². The Balaban J connectivity index is 1.36. The summed E-state index contributed by atoms with van der Waals surface area (Å²) in [5.74, 6) is -1.10. The Labute approximate surface area is 208 Å². The number of benzene rings is 6. The number of ketones is 2. The molecule has 0 saturated carbocycles. The van der Waals surface area contributed by atoms with Gasteiger partial charge in [0.2, 0.25) is 11.6 Å². The van der Waals surface area contributed by atoms with Gasteiger partial charge in [0.1, 0.15) is 0 Å². The Hall–Kier alpha value is -4.82. The van der Waals surface area contributed by atoms with E-state index in [1.165, 1.54) is 12.2 Å². The molecule has 0 radical (unpaired) electrons. The van der Waals surface area contributed by atoms with Crippen LogP contribution in [0.2, 0.25) is 0 Å². The summed E-state index contributed by atoms with van der Waals surface area (Å²) in [7, 11) is 0. The molecule has 0 heterocycles. The van der Waals surface area contributed by atoms with Gasteiger partial charge in [-0.05, 0) is 90.7 Å². The van der Waals surface area contributed by atoms with Crippen LogP contribution in [0.15, 0.2) is 121 Å². The quantitative estimate of drug-likeness (QED) is 0.147. The molecule has 0 saturated heterocycles. The maximum atomic E-state index is 12.8. The summed E-state index contributed by atoms with van der Waals surface area (Å²) in [6.45, 7) is 0. The summed E-state index contributed by atoms with van der Waals surface area (Å²) in [4.78, 5) is 25.7. The molecule has 0 aliphatic rings. The van der Waals surface area contributed by atoms with Crippen LogP contribution in [0.25, 0.3) is 55.2 Å². The maximum Gasteiger partial charge on any atom is 0.225 e. The van der Waals surface area contributed by atoms with Gasteiger partial charge in [-0.15, -0.1) is 0 Å². The molecule has 2 nitrogen and oxygen atoms in total. The summed E-state index contributed by atoms with van der Waals surface area (Å²) >= 11 is 0. The first-order valence-corrected chi connectivity index (χ1v) is 11.9. The van der Waals surface area contributed by atoms with Crippen molar-refractivity contribution in [1.82, 2.24) is 0 Å². The number of carbonyl (C=O) groups is 2. The zero-order chi connectivity index (χ0) is 24.5. The Bertz CT molecular complexity index is 1620. The van der Waals surface area contributed by atoms with Crippen molar-refractivity contribution in [3.05, 3.63) is 132 Å². The van der Waals surface area contributed by atoms with Crippen LogP contribution in [0.5, 0.6) is 0 Å². The third kappa shape index (κ3) is 3.89. The molecule has 6 rings (SSSR count). The predicted molar refractivity (Wildman–Crippen MR) is 151 cm³/mol. The standard InChI is InChI=1S/C34H22O2/c35-33(19-17-31-27-13-5-1-9-23(27)21-24-10-2-6-14-28(24)31)34(36)20-18-32-29-15-7-3-11-25(29)22-26-12-4-8-16-30(26)32/h1-22H. The van der Waals surface area contributed by atoms with E-state index in [4.69, 9.17) is 0 Å². The van der Waals surface area contributed by atoms with E-state index in [1.54, 1.807) is 12.2 Å². The van der Waals surface area contributed by atoms with Gasteiger partial charge < -0.3 is 0 Å². The van der Waals surface area contributed by atoms with Gasteiger partial charge in [-0.25, -0.2) is 0 Å². The van der Waals surface area contributed by atoms with Gasteiger partial charge in [0.15, 0.2) is 0 Å². The zero-order valence-corrected chi connectivity index (χ0v) is 19.5. The highest BCUT2D eigenvalue weighted by molar-refractivity contribution is 6.47. The summed E-state index contributed by atoms with van der Waals surface area (Å²) in [5.41, 5.74) is 1.88. The van der Waals surface area contributed by atoms with E-state index in [0.29, 0.717) is 0 Å². The first-order chi connectivity index (χ1) is 17.7. The van der Waals surface area contributed by atoms with Crippen LogP contribution in [0, 0.1) is 0 Å². The molecule has 0 unspecified atom stereocenters. The van der Waals surface area contributed by atoms with E-state index in [1.807, 2.05) is 72.8 Å². The smallest absolute Gasteiger partial charge is 0.225 e. The number of carbonyl (C=O) groups excluding carboxylic acids is 2. The highest BCUT2D eigenvalue weighted by atomic mass is 16.2. The number of hydrogen-bond donors (Lipinski definition) is 0. The van der Waals surface area contributed by atoms with E-state index in [-0.39, 0.29) is 0 Å². The molecule has 0 amide bonds. The molecule has 2 heteroatoms. The van der Waals surface area contributed by atoms with E-state index < -0.39 is 11.6 Å². The average Bonchev–Trinajstić information content (AvgIpc) is 2.93. The van der Waals surface area contributed by atoms with Crippen LogP contribution in [0.1, 0.15) is 11.1 Å². The summed E-state index contributed by atoms with van der Waals surface area (Å²) in [5, 5.41) is 8.57. The molecular weight excluding hydrogens is 440 g/mol. The minimum atomic E-state index is -0.548. The summed E-state index contributed by atoms with van der Waals surface area (Å²) in [6, 6.07) is 36.6. The Morgan fingerprint density at radius 3 is 1.00 bits per heavy atom. The fraction of sp³-hybridized carbons (Fsp3) is 0. The lowest BCUT2D eigenvalue weighted by molar-refractivity contribution is -0.130. The van der Waals surface area contributed by atoms with Crippen molar-refractivity contribution < 1.29 is 9.59 Å². The second-order valence-electron chi connectivity index (χ2n) is 8.86. The van der Waals surface area contributed by atoms with Gasteiger partial charge in [0, 0.05) is 0 Å². The molecule has 0 fully saturated rings. The van der Waals surface area contributed by atoms with E-state index >= 15 is 0 Å². The number of hydrogen-bond acceptors (Lipinski definition) is 2. The van der Waals surface area contributed by atoms with Gasteiger partial charge in [0.25, 0.3) is 0 Å². The van der Waals surface area contributed by atoms with Crippen molar-refractivity contribution in [2.75, 3.05) is 0 Å². The normalized spacial score (nSPS) is 11.9. The third-order valence-electron chi connectivity index (χ3n) is 6.67. The van der Waals surface area contributed by atoms with Gasteiger partial charge >= 0.3 is 0 Å². The SMILES string of the molecule is O=C(C=Cc1c2ccccc2cc2ccccc12)C(=O)C=Cc1c2ccccc2cc2ccccc12. The topological polar surface area (TPSA) is 34.1 Å². The molecule has 170 valence electrons. The van der Waals surface area contributed by atoms with Gasteiger partial charge in [-0.1, -0.05) is 97.1 Å². The summed E-state index contributed by atoms with van der Waals surface area (Å²) in [6.07, 6.45) is 6.32. The Morgan fingerprint density at radius 2 is 0.694 bits per heavy atom. The van der Waals surface area contributed by atoms with Crippen molar-refractivity contribution in [2.45, 2.75) is 0 Å². The highest BCUT2D eigenvalue weighted by Gasteiger charge is 2.10. The third-order valence-corrected chi connectivity index (χ3v) is 6.67. The number of fused-ring (bicyclic) bond motifs is 4. The van der Waals surface area contributed by atoms with Crippen LogP contribution in [0.3, 0.4) is 0 Å². The lowest BCUT2D eigenvalue weighted by Crippen LogP contribution is -2.06. The lowest BCUT2D eigenvalue weighted by atomic mass is 9.95. The minimum Gasteiger partial charge on any atom is -0.286 e. The molecule has 0 bridgehead atoms. The first kappa shape index (κ1) is 21.7. The van der Waals surface area contributed by atoms with E-state index in [2.05, 4.69) is 36.4 Å². The van der Waals surface area contributed by atoms with Crippen molar-refractivity contribution >= 4 is 66.8 Å².